The molecule has 138 valence electrons. The van der Waals surface area contributed by atoms with E-state index in [0.29, 0.717) is 16.9 Å². The van der Waals surface area contributed by atoms with Gasteiger partial charge in [-0.25, -0.2) is 17.5 Å². The number of halogens is 1. The van der Waals surface area contributed by atoms with Crippen LogP contribution in [0.1, 0.15) is 0 Å². The molecule has 0 spiro atoms. The lowest BCUT2D eigenvalue weighted by atomic mass is 10.2. The molecule has 1 heterocycles. The van der Waals surface area contributed by atoms with Crippen LogP contribution in [0.25, 0.3) is 21.9 Å². The number of ether oxygens (including phenoxy) is 1. The van der Waals surface area contributed by atoms with E-state index in [1.165, 1.54) is 30.3 Å². The number of rotatable bonds is 6. The van der Waals surface area contributed by atoms with Crippen LogP contribution in [-0.4, -0.2) is 21.6 Å². The lowest BCUT2D eigenvalue weighted by molar-refractivity contribution is 0.322. The van der Waals surface area contributed by atoms with E-state index in [-0.39, 0.29) is 23.9 Å². The molecule has 0 radical (unpaired) electrons. The molecule has 1 N–H and O–H groups in total. The van der Waals surface area contributed by atoms with Gasteiger partial charge in [-0.05, 0) is 42.5 Å². The molecule has 0 atom stereocenters. The van der Waals surface area contributed by atoms with Crippen molar-refractivity contribution in [3.8, 4) is 5.75 Å². The fourth-order valence-electron chi connectivity index (χ4n) is 2.83. The summed E-state index contributed by atoms with van der Waals surface area (Å²) in [5, 5.41) is 1.81. The quantitative estimate of drug-likeness (QED) is 0.508. The maximum Gasteiger partial charge on any atom is 0.240 e. The van der Waals surface area contributed by atoms with E-state index < -0.39 is 10.0 Å². The highest BCUT2D eigenvalue weighted by atomic mass is 32.2. The van der Waals surface area contributed by atoms with Gasteiger partial charge in [0.05, 0.1) is 4.90 Å². The number of furan rings is 1. The highest BCUT2D eigenvalue weighted by Gasteiger charge is 2.16. The first-order valence-corrected chi connectivity index (χ1v) is 9.81. The second-order valence-electron chi connectivity index (χ2n) is 5.96. The van der Waals surface area contributed by atoms with Crippen molar-refractivity contribution in [2.75, 3.05) is 13.2 Å². The maximum atomic E-state index is 12.8. The van der Waals surface area contributed by atoms with E-state index in [4.69, 9.17) is 9.15 Å². The molecule has 0 amide bonds. The van der Waals surface area contributed by atoms with Gasteiger partial charge in [-0.1, -0.05) is 18.2 Å². The standard InChI is InChI=1S/C20H16FNO4S/c21-14-5-7-15(8-6-14)25-12-11-22-27(23,24)16-9-10-18-17-3-1-2-4-19(17)26-20(18)13-16/h1-10,13,22H,11-12H2. The summed E-state index contributed by atoms with van der Waals surface area (Å²) in [6.07, 6.45) is 0. The summed E-state index contributed by atoms with van der Waals surface area (Å²) in [6, 6.07) is 17.9. The number of nitrogens with one attached hydrogen (secondary N) is 1. The molecule has 5 nitrogen and oxygen atoms in total. The number of fused-ring (bicyclic) bond motifs is 3. The van der Waals surface area contributed by atoms with Crippen LogP contribution in [0.5, 0.6) is 5.75 Å². The number of para-hydroxylation sites is 1. The van der Waals surface area contributed by atoms with Gasteiger partial charge in [0.25, 0.3) is 0 Å². The van der Waals surface area contributed by atoms with Crippen LogP contribution in [0, 0.1) is 5.82 Å². The molecule has 0 aliphatic rings. The molecule has 4 rings (SSSR count). The lowest BCUT2D eigenvalue weighted by Crippen LogP contribution is -2.28. The summed E-state index contributed by atoms with van der Waals surface area (Å²) in [6.45, 7) is 0.204. The van der Waals surface area contributed by atoms with Crippen molar-refractivity contribution in [3.05, 3.63) is 72.5 Å². The van der Waals surface area contributed by atoms with Gasteiger partial charge in [-0.15, -0.1) is 0 Å². The smallest absolute Gasteiger partial charge is 0.240 e. The van der Waals surface area contributed by atoms with Gasteiger partial charge in [0.15, 0.2) is 0 Å². The first-order valence-electron chi connectivity index (χ1n) is 8.32. The van der Waals surface area contributed by atoms with Gasteiger partial charge in [0, 0.05) is 23.4 Å². The van der Waals surface area contributed by atoms with Gasteiger partial charge in [-0.2, -0.15) is 0 Å². The van der Waals surface area contributed by atoms with Crippen LogP contribution < -0.4 is 9.46 Å². The minimum atomic E-state index is -3.70. The summed E-state index contributed by atoms with van der Waals surface area (Å²) in [4.78, 5) is 0.121. The Labute approximate surface area is 155 Å². The molecular formula is C20H16FNO4S. The monoisotopic (exact) mass is 385 g/mol. The van der Waals surface area contributed by atoms with E-state index >= 15 is 0 Å². The Hall–Kier alpha value is -2.90. The Morgan fingerprint density at radius 3 is 2.48 bits per heavy atom. The van der Waals surface area contributed by atoms with E-state index in [1.54, 1.807) is 12.1 Å². The largest absolute Gasteiger partial charge is 0.492 e. The Morgan fingerprint density at radius 2 is 1.67 bits per heavy atom. The molecule has 0 aliphatic heterocycles. The molecule has 0 fully saturated rings. The first kappa shape index (κ1) is 17.5. The van der Waals surface area contributed by atoms with Crippen molar-refractivity contribution >= 4 is 32.0 Å². The Kier molecular flexibility index (Phi) is 4.55. The number of benzene rings is 3. The van der Waals surface area contributed by atoms with Crippen molar-refractivity contribution in [1.29, 1.82) is 0 Å². The third-order valence-corrected chi connectivity index (χ3v) is 5.60. The van der Waals surface area contributed by atoms with E-state index in [9.17, 15) is 12.8 Å². The van der Waals surface area contributed by atoms with Crippen molar-refractivity contribution in [2.24, 2.45) is 0 Å². The van der Waals surface area contributed by atoms with Crippen LogP contribution in [0.4, 0.5) is 4.39 Å². The molecule has 7 heteroatoms. The highest BCUT2D eigenvalue weighted by molar-refractivity contribution is 7.89. The molecule has 4 aromatic rings. The van der Waals surface area contributed by atoms with Crippen LogP contribution in [-0.2, 0) is 10.0 Å². The molecule has 0 unspecified atom stereocenters. The predicted octanol–water partition coefficient (Wildman–Crippen LogP) is 4.08. The highest BCUT2D eigenvalue weighted by Crippen LogP contribution is 2.30. The number of hydrogen-bond acceptors (Lipinski definition) is 4. The van der Waals surface area contributed by atoms with Crippen LogP contribution in [0.3, 0.4) is 0 Å². The van der Waals surface area contributed by atoms with Crippen molar-refractivity contribution < 1.29 is 22.0 Å². The molecule has 27 heavy (non-hydrogen) atoms. The topological polar surface area (TPSA) is 68.5 Å². The van der Waals surface area contributed by atoms with Crippen LogP contribution in [0.15, 0.2) is 76.0 Å². The average Bonchev–Trinajstić information content (AvgIpc) is 3.04. The lowest BCUT2D eigenvalue weighted by Gasteiger charge is -2.08. The van der Waals surface area contributed by atoms with Gasteiger partial charge in [0.1, 0.15) is 29.3 Å². The first-order chi connectivity index (χ1) is 13.0. The van der Waals surface area contributed by atoms with Crippen molar-refractivity contribution in [3.63, 3.8) is 0 Å². The van der Waals surface area contributed by atoms with Gasteiger partial charge in [-0.3, -0.25) is 0 Å². The van der Waals surface area contributed by atoms with Crippen molar-refractivity contribution in [2.45, 2.75) is 4.90 Å². The van der Waals surface area contributed by atoms with Crippen LogP contribution in [0.2, 0.25) is 0 Å². The predicted molar refractivity (Wildman–Crippen MR) is 101 cm³/mol. The molecule has 0 saturated carbocycles. The summed E-state index contributed by atoms with van der Waals surface area (Å²) in [5.41, 5.74) is 1.23. The molecule has 0 aliphatic carbocycles. The van der Waals surface area contributed by atoms with E-state index in [1.807, 2.05) is 24.3 Å². The average molecular weight is 385 g/mol. The van der Waals surface area contributed by atoms with Crippen LogP contribution >= 0.6 is 0 Å². The summed E-state index contributed by atoms with van der Waals surface area (Å²) >= 11 is 0. The third-order valence-electron chi connectivity index (χ3n) is 4.14. The summed E-state index contributed by atoms with van der Waals surface area (Å²) in [5.74, 6) is 0.114. The molecule has 0 bridgehead atoms. The van der Waals surface area contributed by atoms with Gasteiger partial charge >= 0.3 is 0 Å². The van der Waals surface area contributed by atoms with Gasteiger partial charge in [0.2, 0.25) is 10.0 Å². The maximum absolute atomic E-state index is 12.8. The fourth-order valence-corrected chi connectivity index (χ4v) is 3.86. The summed E-state index contributed by atoms with van der Waals surface area (Å²) in [7, 11) is -3.70. The minimum Gasteiger partial charge on any atom is -0.492 e. The zero-order chi connectivity index (χ0) is 18.9. The number of sulfonamides is 1. The Morgan fingerprint density at radius 1 is 0.926 bits per heavy atom. The third kappa shape index (κ3) is 3.65. The van der Waals surface area contributed by atoms with Crippen molar-refractivity contribution in [1.82, 2.24) is 4.72 Å². The normalized spacial score (nSPS) is 11.9. The van der Waals surface area contributed by atoms with E-state index in [0.717, 1.165) is 10.8 Å². The van der Waals surface area contributed by atoms with Gasteiger partial charge < -0.3 is 9.15 Å². The Balaban J connectivity index is 1.46. The zero-order valence-corrected chi connectivity index (χ0v) is 15.0. The second-order valence-corrected chi connectivity index (χ2v) is 7.72. The minimum absolute atomic E-state index is 0.0812. The zero-order valence-electron chi connectivity index (χ0n) is 14.2. The molecule has 1 aromatic heterocycles. The fraction of sp³-hybridized carbons (Fsp3) is 0.100. The second kappa shape index (κ2) is 7.02. The molecular weight excluding hydrogens is 369 g/mol. The molecule has 3 aromatic carbocycles. The number of hydrogen-bond donors (Lipinski definition) is 1. The SMILES string of the molecule is O=S(=O)(NCCOc1ccc(F)cc1)c1ccc2c(c1)oc1ccccc12. The summed E-state index contributed by atoms with van der Waals surface area (Å²) < 4.78 is 51.4. The molecule has 0 saturated heterocycles. The van der Waals surface area contributed by atoms with E-state index in [2.05, 4.69) is 4.72 Å². The Bertz CT molecular complexity index is 1200.